The molecule has 0 aliphatic carbocycles. The summed E-state index contributed by atoms with van der Waals surface area (Å²) in [5.74, 6) is -0.0387. The normalized spacial score (nSPS) is 10.7. The zero-order valence-electron chi connectivity index (χ0n) is 14.3. The third kappa shape index (κ3) is 2.28. The molecule has 3 N–H and O–H groups in total. The van der Waals surface area contributed by atoms with E-state index in [1.54, 1.807) is 0 Å². The Morgan fingerprint density at radius 1 is 1.27 bits per heavy atom. The van der Waals surface area contributed by atoms with Gasteiger partial charge in [-0.15, -0.1) is 0 Å². The molecule has 1 aromatic carbocycles. The van der Waals surface area contributed by atoms with E-state index in [1.807, 2.05) is 6.07 Å². The number of phenols is 1. The highest BCUT2D eigenvalue weighted by molar-refractivity contribution is 5.98. The van der Waals surface area contributed by atoms with Gasteiger partial charge in [0.05, 0.1) is 12.5 Å². The minimum Gasteiger partial charge on any atom is -0.504 e. The number of phenolic OH excluding ortho intramolecular Hbond substituents is 1. The number of ether oxygens (including phenoxy) is 1. The first-order chi connectivity index (χ1) is 12.3. The summed E-state index contributed by atoms with van der Waals surface area (Å²) in [4.78, 5) is 29.0. The van der Waals surface area contributed by atoms with Crippen LogP contribution in [-0.2, 0) is 14.1 Å². The quantitative estimate of drug-likeness (QED) is 0.683. The molecule has 0 radical (unpaired) electrons. The van der Waals surface area contributed by atoms with Gasteiger partial charge < -0.3 is 15.6 Å². The summed E-state index contributed by atoms with van der Waals surface area (Å²) in [7, 11) is 4.18. The first-order valence-corrected chi connectivity index (χ1v) is 7.48. The summed E-state index contributed by atoms with van der Waals surface area (Å²) in [6.45, 7) is 0. The fraction of sp³-hybridized carbons (Fsp3) is 0.176. The fourth-order valence-electron chi connectivity index (χ4n) is 2.84. The molecule has 0 amide bonds. The first-order valence-electron chi connectivity index (χ1n) is 7.48. The second-order valence-electron chi connectivity index (χ2n) is 5.65. The maximum Gasteiger partial charge on any atom is 0.332 e. The van der Waals surface area contributed by atoms with Gasteiger partial charge in [-0.25, -0.2) is 9.78 Å². The van der Waals surface area contributed by atoms with Crippen LogP contribution in [0.2, 0.25) is 0 Å². The number of fused-ring (bicyclic) bond motifs is 1. The van der Waals surface area contributed by atoms with Crippen LogP contribution in [0, 0.1) is 11.3 Å². The number of hydrogen-bond acceptors (Lipinski definition) is 7. The van der Waals surface area contributed by atoms with E-state index in [0.29, 0.717) is 5.56 Å². The van der Waals surface area contributed by atoms with Crippen molar-refractivity contribution in [2.75, 3.05) is 12.8 Å². The number of aromatic hydroxyl groups is 1. The monoisotopic (exact) mass is 353 g/mol. The summed E-state index contributed by atoms with van der Waals surface area (Å²) in [5.41, 5.74) is 5.46. The Balaban J connectivity index is 2.62. The lowest BCUT2D eigenvalue weighted by Crippen LogP contribution is -2.37. The number of benzene rings is 1. The molecule has 0 atom stereocenters. The Morgan fingerprint density at radius 3 is 2.58 bits per heavy atom. The Morgan fingerprint density at radius 2 is 1.96 bits per heavy atom. The van der Waals surface area contributed by atoms with E-state index in [1.165, 1.54) is 44.0 Å². The molecule has 3 rings (SSSR count). The number of nitrogens with two attached hydrogens (primary N) is 1. The number of nitriles is 1. The van der Waals surface area contributed by atoms with Gasteiger partial charge in [0.1, 0.15) is 17.5 Å². The molecule has 0 saturated carbocycles. The van der Waals surface area contributed by atoms with Crippen molar-refractivity contribution in [1.82, 2.24) is 14.1 Å². The SMILES string of the molecule is COc1cc(-c2c(C#N)c(N)nc3c2c(=O)n(C)c(=O)n3C)ccc1O. The van der Waals surface area contributed by atoms with Crippen molar-refractivity contribution in [3.63, 3.8) is 0 Å². The van der Waals surface area contributed by atoms with Crippen LogP contribution in [0.15, 0.2) is 27.8 Å². The van der Waals surface area contributed by atoms with Crippen LogP contribution in [0.1, 0.15) is 5.56 Å². The van der Waals surface area contributed by atoms with Crippen molar-refractivity contribution in [2.45, 2.75) is 0 Å². The second-order valence-corrected chi connectivity index (χ2v) is 5.65. The van der Waals surface area contributed by atoms with E-state index in [4.69, 9.17) is 10.5 Å². The zero-order chi connectivity index (χ0) is 19.2. The summed E-state index contributed by atoms with van der Waals surface area (Å²) in [5, 5.41) is 19.5. The van der Waals surface area contributed by atoms with Crippen LogP contribution in [-0.4, -0.2) is 26.3 Å². The van der Waals surface area contributed by atoms with Gasteiger partial charge in [-0.3, -0.25) is 13.9 Å². The van der Waals surface area contributed by atoms with Crippen LogP contribution in [0.4, 0.5) is 5.82 Å². The van der Waals surface area contributed by atoms with Crippen LogP contribution >= 0.6 is 0 Å². The molecule has 2 heterocycles. The standard InChI is InChI=1S/C17H15N5O4/c1-21-15-13(16(24)22(2)17(21)25)12(9(7-18)14(19)20-15)8-4-5-10(23)11(6-8)26-3/h4-6,23H,1-3H3,(H2,19,20). The average molecular weight is 353 g/mol. The Hall–Kier alpha value is -3.80. The van der Waals surface area contributed by atoms with E-state index < -0.39 is 11.2 Å². The molecule has 9 nitrogen and oxygen atoms in total. The molecule has 26 heavy (non-hydrogen) atoms. The van der Waals surface area contributed by atoms with E-state index in [2.05, 4.69) is 4.98 Å². The topological polar surface area (TPSA) is 136 Å². The predicted molar refractivity (Wildman–Crippen MR) is 95.0 cm³/mol. The molecule has 0 aliphatic rings. The third-order valence-corrected chi connectivity index (χ3v) is 4.20. The van der Waals surface area contributed by atoms with Gasteiger partial charge in [0.2, 0.25) is 0 Å². The highest BCUT2D eigenvalue weighted by atomic mass is 16.5. The van der Waals surface area contributed by atoms with Gasteiger partial charge in [0.15, 0.2) is 17.1 Å². The molecule has 0 aliphatic heterocycles. The lowest BCUT2D eigenvalue weighted by molar-refractivity contribution is 0.373. The minimum atomic E-state index is -0.603. The van der Waals surface area contributed by atoms with E-state index in [9.17, 15) is 20.0 Å². The van der Waals surface area contributed by atoms with E-state index in [-0.39, 0.29) is 39.5 Å². The van der Waals surface area contributed by atoms with E-state index in [0.717, 1.165) is 4.57 Å². The number of hydrogen-bond donors (Lipinski definition) is 2. The van der Waals surface area contributed by atoms with Crippen molar-refractivity contribution in [2.24, 2.45) is 14.1 Å². The summed E-state index contributed by atoms with van der Waals surface area (Å²) in [6, 6.07) is 6.35. The molecule has 0 saturated heterocycles. The van der Waals surface area contributed by atoms with Crippen molar-refractivity contribution >= 4 is 16.9 Å². The number of pyridine rings is 1. The van der Waals surface area contributed by atoms with Gasteiger partial charge >= 0.3 is 5.69 Å². The maximum atomic E-state index is 12.8. The van der Waals surface area contributed by atoms with Crippen LogP contribution < -0.4 is 21.7 Å². The molecule has 0 spiro atoms. The molecular formula is C17H15N5O4. The second kappa shape index (κ2) is 5.93. The van der Waals surface area contributed by atoms with Gasteiger partial charge in [-0.05, 0) is 17.7 Å². The highest BCUT2D eigenvalue weighted by Crippen LogP contribution is 2.36. The number of methoxy groups -OCH3 is 1. The van der Waals surface area contributed by atoms with Crippen molar-refractivity contribution in [3.8, 4) is 28.7 Å². The molecule has 9 heteroatoms. The predicted octanol–water partition coefficient (Wildman–Crippen LogP) is 0.467. The number of anilines is 1. The number of rotatable bonds is 2. The van der Waals surface area contributed by atoms with E-state index >= 15 is 0 Å². The first kappa shape index (κ1) is 17.0. The summed E-state index contributed by atoms with van der Waals surface area (Å²) >= 11 is 0. The van der Waals surface area contributed by atoms with Crippen molar-refractivity contribution < 1.29 is 9.84 Å². The largest absolute Gasteiger partial charge is 0.504 e. The van der Waals surface area contributed by atoms with Crippen molar-refractivity contribution in [3.05, 3.63) is 44.6 Å². The zero-order valence-corrected chi connectivity index (χ0v) is 14.3. The lowest BCUT2D eigenvalue weighted by Gasteiger charge is -2.14. The molecule has 0 fully saturated rings. The average Bonchev–Trinajstić information content (AvgIpc) is 2.64. The number of aryl methyl sites for hydroxylation is 1. The minimum absolute atomic E-state index is 0.000918. The van der Waals surface area contributed by atoms with Gasteiger partial charge in [-0.2, -0.15) is 5.26 Å². The Bertz CT molecular complexity index is 1220. The Labute approximate surface area is 147 Å². The van der Waals surface area contributed by atoms with Gasteiger partial charge in [-0.1, -0.05) is 6.07 Å². The van der Waals surface area contributed by atoms with Crippen LogP contribution in [0.5, 0.6) is 11.5 Å². The van der Waals surface area contributed by atoms with Gasteiger partial charge in [0, 0.05) is 19.7 Å². The highest BCUT2D eigenvalue weighted by Gasteiger charge is 2.22. The fourth-order valence-corrected chi connectivity index (χ4v) is 2.84. The lowest BCUT2D eigenvalue weighted by atomic mass is 9.97. The molecular weight excluding hydrogens is 338 g/mol. The number of aromatic nitrogens is 3. The summed E-state index contributed by atoms with van der Waals surface area (Å²) < 4.78 is 7.22. The van der Waals surface area contributed by atoms with Crippen LogP contribution in [0.3, 0.4) is 0 Å². The van der Waals surface area contributed by atoms with Crippen molar-refractivity contribution in [1.29, 1.82) is 5.26 Å². The Kier molecular flexibility index (Phi) is 3.88. The van der Waals surface area contributed by atoms with Gasteiger partial charge in [0.25, 0.3) is 5.56 Å². The number of nitrogens with zero attached hydrogens (tertiary/aromatic N) is 4. The summed E-state index contributed by atoms with van der Waals surface area (Å²) in [6.07, 6.45) is 0. The third-order valence-electron chi connectivity index (χ3n) is 4.20. The molecule has 0 bridgehead atoms. The van der Waals surface area contributed by atoms with Crippen LogP contribution in [0.25, 0.3) is 22.2 Å². The molecule has 132 valence electrons. The molecule has 0 unspecified atom stereocenters. The molecule has 3 aromatic rings. The number of nitrogen functional groups attached to an aromatic ring is 1. The maximum absolute atomic E-state index is 12.8. The molecule has 2 aromatic heterocycles. The smallest absolute Gasteiger partial charge is 0.332 e.